The smallest absolute Gasteiger partial charge is 0.417 e. The van der Waals surface area contributed by atoms with Gasteiger partial charge in [0.1, 0.15) is 0 Å². The molecule has 7 nitrogen and oxygen atoms in total. The molecule has 0 saturated heterocycles. The molecule has 13 heteroatoms. The fourth-order valence-corrected chi connectivity index (χ4v) is 6.20. The molecule has 0 amide bonds. The first-order valence-corrected chi connectivity index (χ1v) is 15.2. The van der Waals surface area contributed by atoms with Gasteiger partial charge in [-0.3, -0.25) is 14.3 Å². The number of carboxylic acids is 1. The third kappa shape index (κ3) is 8.20. The maximum atomic E-state index is 15.4. The van der Waals surface area contributed by atoms with Crippen molar-refractivity contribution in [3.05, 3.63) is 124 Å². The highest BCUT2D eigenvalue weighted by atomic mass is 35.5. The number of alkyl halides is 3. The van der Waals surface area contributed by atoms with Crippen LogP contribution in [0.4, 0.5) is 23.2 Å². The summed E-state index contributed by atoms with van der Waals surface area (Å²) in [7, 11) is -3.36. The fourth-order valence-electron chi connectivity index (χ4n) is 4.68. The number of hydrogen-bond donors (Lipinski definition) is 2. The van der Waals surface area contributed by atoms with Gasteiger partial charge in [0.05, 0.1) is 28.5 Å². The number of sulfonamides is 1. The molecule has 0 saturated carbocycles. The van der Waals surface area contributed by atoms with Crippen molar-refractivity contribution in [1.82, 2.24) is 0 Å². The number of nitrogens with one attached hydrogen (secondary N) is 1. The molecule has 0 aliphatic carbocycles. The lowest BCUT2D eigenvalue weighted by atomic mass is 9.92. The first-order chi connectivity index (χ1) is 21.2. The fraction of sp³-hybridized carbons (Fsp3) is 0.188. The number of halogens is 5. The van der Waals surface area contributed by atoms with Gasteiger partial charge in [-0.15, -0.1) is 0 Å². The number of hydrogen-bond acceptors (Lipinski definition) is 5. The van der Waals surface area contributed by atoms with Gasteiger partial charge in [0.2, 0.25) is 0 Å². The number of methoxy groups -OCH3 is 1. The predicted octanol–water partition coefficient (Wildman–Crippen LogP) is 7.41. The van der Waals surface area contributed by atoms with Crippen LogP contribution in [-0.4, -0.2) is 32.4 Å². The van der Waals surface area contributed by atoms with Crippen LogP contribution in [0.5, 0.6) is 5.75 Å². The molecule has 0 aliphatic rings. The molecule has 0 bridgehead atoms. The number of ether oxygens (including phenoxy) is 1. The van der Waals surface area contributed by atoms with Crippen molar-refractivity contribution in [2.24, 2.45) is 5.92 Å². The summed E-state index contributed by atoms with van der Waals surface area (Å²) in [6.45, 7) is 0. The maximum absolute atomic E-state index is 15.4. The molecule has 4 aromatic rings. The summed E-state index contributed by atoms with van der Waals surface area (Å²) in [6.07, 6.45) is -5.47. The number of rotatable bonds is 12. The molecule has 4 aromatic carbocycles. The summed E-state index contributed by atoms with van der Waals surface area (Å²) in [5, 5.41) is 9.05. The van der Waals surface area contributed by atoms with Crippen molar-refractivity contribution in [1.29, 1.82) is 0 Å². The molecule has 0 spiro atoms. The summed E-state index contributed by atoms with van der Waals surface area (Å²) in [4.78, 5) is 24.1. The van der Waals surface area contributed by atoms with Gasteiger partial charge in [0, 0.05) is 29.7 Å². The Balaban J connectivity index is 1.57. The quantitative estimate of drug-likeness (QED) is 0.121. The molecule has 0 aliphatic heterocycles. The zero-order chi connectivity index (χ0) is 32.9. The largest absolute Gasteiger partial charge is 0.494 e. The van der Waals surface area contributed by atoms with Crippen LogP contribution in [0, 0.1) is 11.7 Å². The van der Waals surface area contributed by atoms with Crippen LogP contribution in [0.3, 0.4) is 0 Å². The van der Waals surface area contributed by atoms with Crippen LogP contribution in [0.25, 0.3) is 0 Å². The van der Waals surface area contributed by atoms with E-state index < -0.39 is 67.2 Å². The Morgan fingerprint density at radius 1 is 0.956 bits per heavy atom. The first kappa shape index (κ1) is 33.5. The third-order valence-corrected chi connectivity index (χ3v) is 8.75. The Labute approximate surface area is 261 Å². The Kier molecular flexibility index (Phi) is 10.2. The number of aliphatic carboxylic acids is 1. The number of carboxylic acid groups (broad SMARTS) is 1. The molecule has 0 aromatic heterocycles. The number of carbonyl (C=O) groups excluding carboxylic acids is 1. The van der Waals surface area contributed by atoms with Crippen molar-refractivity contribution >= 4 is 39.1 Å². The van der Waals surface area contributed by atoms with Crippen molar-refractivity contribution in [3.63, 3.8) is 0 Å². The topological polar surface area (TPSA) is 110 Å². The second-order valence-corrected chi connectivity index (χ2v) is 12.1. The van der Waals surface area contributed by atoms with Crippen LogP contribution in [-0.2, 0) is 33.8 Å². The molecule has 1 unspecified atom stereocenters. The Hall–Kier alpha value is -4.42. The monoisotopic (exact) mass is 663 g/mol. The van der Waals surface area contributed by atoms with E-state index in [0.29, 0.717) is 0 Å². The third-order valence-electron chi connectivity index (χ3n) is 6.96. The molecule has 0 fully saturated rings. The lowest BCUT2D eigenvalue weighted by Crippen LogP contribution is -2.20. The maximum Gasteiger partial charge on any atom is 0.417 e. The summed E-state index contributed by atoms with van der Waals surface area (Å²) < 4.78 is 89.7. The SMILES string of the molecule is COc1ccc(S(=O)(=O)Nc2ccc(C(=O)CC(Cc3ccccc3)C(=O)O)cc2)c(Cc2ccc(Cl)c(C(F)(F)F)c2)c1F. The highest BCUT2D eigenvalue weighted by molar-refractivity contribution is 7.92. The average Bonchev–Trinajstić information content (AvgIpc) is 2.98. The minimum absolute atomic E-state index is 0.00125. The second-order valence-electron chi connectivity index (χ2n) is 10.1. The number of carbonyl (C=O) groups is 2. The van der Waals surface area contributed by atoms with Gasteiger partial charge in [-0.25, -0.2) is 12.8 Å². The van der Waals surface area contributed by atoms with Crippen LogP contribution >= 0.6 is 11.6 Å². The molecule has 0 radical (unpaired) electrons. The summed E-state index contributed by atoms with van der Waals surface area (Å²) >= 11 is 5.69. The van der Waals surface area contributed by atoms with Crippen molar-refractivity contribution in [2.75, 3.05) is 11.8 Å². The minimum Gasteiger partial charge on any atom is -0.494 e. The van der Waals surface area contributed by atoms with Gasteiger partial charge >= 0.3 is 12.1 Å². The minimum atomic E-state index is -4.79. The Morgan fingerprint density at radius 3 is 2.22 bits per heavy atom. The summed E-state index contributed by atoms with van der Waals surface area (Å²) in [5.41, 5.74) is -0.742. The zero-order valence-corrected chi connectivity index (χ0v) is 25.1. The summed E-state index contributed by atoms with van der Waals surface area (Å²) in [6, 6.07) is 19.1. The van der Waals surface area contributed by atoms with E-state index in [4.69, 9.17) is 16.3 Å². The van der Waals surface area contributed by atoms with Gasteiger partial charge in [-0.1, -0.05) is 48.0 Å². The lowest BCUT2D eigenvalue weighted by Gasteiger charge is -2.16. The zero-order valence-electron chi connectivity index (χ0n) is 23.6. The van der Waals surface area contributed by atoms with Crippen LogP contribution in [0.2, 0.25) is 5.02 Å². The highest BCUT2D eigenvalue weighted by Gasteiger charge is 2.34. The van der Waals surface area contributed by atoms with E-state index in [1.54, 1.807) is 30.3 Å². The van der Waals surface area contributed by atoms with Gasteiger partial charge in [-0.2, -0.15) is 13.2 Å². The van der Waals surface area contributed by atoms with Gasteiger partial charge in [-0.05, 0) is 66.1 Å². The van der Waals surface area contributed by atoms with E-state index in [9.17, 15) is 36.3 Å². The van der Waals surface area contributed by atoms with Crippen LogP contribution < -0.4 is 9.46 Å². The van der Waals surface area contributed by atoms with E-state index in [1.165, 1.54) is 30.3 Å². The van der Waals surface area contributed by atoms with Crippen LogP contribution in [0.15, 0.2) is 89.8 Å². The van der Waals surface area contributed by atoms with E-state index in [1.807, 2.05) is 0 Å². The molecule has 236 valence electrons. The second kappa shape index (κ2) is 13.7. The number of ketones is 1. The number of benzene rings is 4. The molecule has 0 heterocycles. The summed E-state index contributed by atoms with van der Waals surface area (Å²) in [5.74, 6) is -3.97. The molecule has 45 heavy (non-hydrogen) atoms. The average molecular weight is 664 g/mol. The molecule has 4 rings (SSSR count). The molecular formula is C32H26ClF4NO6S. The normalized spacial score (nSPS) is 12.4. The van der Waals surface area contributed by atoms with Crippen molar-refractivity contribution in [3.8, 4) is 5.75 Å². The van der Waals surface area contributed by atoms with Crippen molar-refractivity contribution in [2.45, 2.75) is 30.3 Å². The molecule has 2 N–H and O–H groups in total. The van der Waals surface area contributed by atoms with E-state index in [2.05, 4.69) is 4.72 Å². The van der Waals surface area contributed by atoms with E-state index in [-0.39, 0.29) is 35.4 Å². The lowest BCUT2D eigenvalue weighted by molar-refractivity contribution is -0.141. The number of anilines is 1. The molecule has 1 atom stereocenters. The Morgan fingerprint density at radius 2 is 1.62 bits per heavy atom. The number of Topliss-reactive ketones (excluding diaryl/α,β-unsaturated/α-hetero) is 1. The standard InChI is InChI=1S/C32H26ClF4NO6S/c1-44-28-13-14-29(24(30(28)34)16-20-7-12-26(33)25(17-20)32(35,36)37)45(42,43)38-23-10-8-21(9-11-23)27(39)18-22(31(40)41)15-19-5-3-2-4-6-19/h2-14,17,22,38H,15-16,18H2,1H3,(H,40,41). The van der Waals surface area contributed by atoms with Gasteiger partial charge in [0.15, 0.2) is 17.3 Å². The van der Waals surface area contributed by atoms with E-state index in [0.717, 1.165) is 36.9 Å². The van der Waals surface area contributed by atoms with Crippen LogP contribution in [0.1, 0.15) is 39.0 Å². The predicted molar refractivity (Wildman–Crippen MR) is 160 cm³/mol. The van der Waals surface area contributed by atoms with Crippen molar-refractivity contribution < 1.29 is 45.4 Å². The molecular weight excluding hydrogens is 638 g/mol. The van der Waals surface area contributed by atoms with E-state index >= 15 is 4.39 Å². The van der Waals surface area contributed by atoms with Gasteiger partial charge < -0.3 is 9.84 Å². The first-order valence-electron chi connectivity index (χ1n) is 13.3. The Bertz CT molecular complexity index is 1810. The highest BCUT2D eigenvalue weighted by Crippen LogP contribution is 2.37. The van der Waals surface area contributed by atoms with Gasteiger partial charge in [0.25, 0.3) is 10.0 Å².